The zero-order valence-corrected chi connectivity index (χ0v) is 14.7. The number of hydrogen-bond donors (Lipinski definition) is 1. The lowest BCUT2D eigenvalue weighted by atomic mass is 9.98. The zero-order valence-electron chi connectivity index (χ0n) is 13.9. The van der Waals surface area contributed by atoms with Gasteiger partial charge in [0.1, 0.15) is 12.2 Å². The van der Waals surface area contributed by atoms with Gasteiger partial charge in [-0.1, -0.05) is 17.7 Å². The second-order valence-corrected chi connectivity index (χ2v) is 8.03. The van der Waals surface area contributed by atoms with Crippen molar-refractivity contribution >= 4 is 21.2 Å². The molecule has 1 atom stereocenters. The van der Waals surface area contributed by atoms with Crippen molar-refractivity contribution in [3.8, 4) is 0 Å². The fourth-order valence-electron chi connectivity index (χ4n) is 3.18. The summed E-state index contributed by atoms with van der Waals surface area (Å²) in [4.78, 5) is 16.3. The molecule has 3 heterocycles. The van der Waals surface area contributed by atoms with E-state index >= 15 is 0 Å². The highest BCUT2D eigenvalue weighted by molar-refractivity contribution is 7.86. The largest absolute Gasteiger partial charge is 0.381 e. The Morgan fingerprint density at radius 1 is 1.19 bits per heavy atom. The molecule has 0 spiro atoms. The summed E-state index contributed by atoms with van der Waals surface area (Å²) in [5.41, 5.74) is 0.487. The van der Waals surface area contributed by atoms with Crippen molar-refractivity contribution in [1.82, 2.24) is 9.55 Å². The summed E-state index contributed by atoms with van der Waals surface area (Å²) in [5.74, 6) is 0. The molecule has 26 heavy (non-hydrogen) atoms. The third-order valence-electron chi connectivity index (χ3n) is 4.56. The van der Waals surface area contributed by atoms with E-state index in [0.29, 0.717) is 16.6 Å². The van der Waals surface area contributed by atoms with Gasteiger partial charge in [-0.25, -0.2) is 0 Å². The normalized spacial score (nSPS) is 19.2. The van der Waals surface area contributed by atoms with Gasteiger partial charge in [-0.05, 0) is 31.2 Å². The highest BCUT2D eigenvalue weighted by Crippen LogP contribution is 2.35. The van der Waals surface area contributed by atoms with Crippen LogP contribution in [0.4, 0.5) is 0 Å². The standard InChI is InChI=1S/C18H16N2O5S/c1-12-2-4-13(5-3-12)26(23,24)25-11-18(22)10-20-16(21)7-6-15-17(20)14(18)8-9-19-15/h2-9,22H,10-11H2,1H3/t18-/m1/s1. The SMILES string of the molecule is Cc1ccc(S(=O)(=O)OC[C@]2(O)Cn3c(=O)ccc4nccc2c43)cc1. The van der Waals surface area contributed by atoms with Gasteiger partial charge in [0.2, 0.25) is 0 Å². The lowest BCUT2D eigenvalue weighted by Gasteiger charge is -2.22. The Labute approximate surface area is 149 Å². The minimum absolute atomic E-state index is 0.0132. The molecule has 0 saturated heterocycles. The summed E-state index contributed by atoms with van der Waals surface area (Å²) in [5, 5.41) is 11.0. The number of aryl methyl sites for hydroxylation is 1. The average Bonchev–Trinajstić information content (AvgIpc) is 2.93. The molecule has 134 valence electrons. The molecule has 1 aliphatic rings. The topological polar surface area (TPSA) is 98.5 Å². The molecule has 4 rings (SSSR count). The number of hydrogen-bond acceptors (Lipinski definition) is 6. The van der Waals surface area contributed by atoms with Crippen molar-refractivity contribution in [2.75, 3.05) is 6.61 Å². The Morgan fingerprint density at radius 3 is 2.65 bits per heavy atom. The van der Waals surface area contributed by atoms with Gasteiger partial charge in [0.15, 0.2) is 0 Å². The first kappa shape index (κ1) is 16.9. The van der Waals surface area contributed by atoms with Crippen LogP contribution < -0.4 is 5.56 Å². The van der Waals surface area contributed by atoms with E-state index in [9.17, 15) is 18.3 Å². The molecule has 1 aliphatic heterocycles. The van der Waals surface area contributed by atoms with Gasteiger partial charge in [0.25, 0.3) is 15.7 Å². The first-order valence-corrected chi connectivity index (χ1v) is 9.39. The Morgan fingerprint density at radius 2 is 1.92 bits per heavy atom. The third-order valence-corrected chi connectivity index (χ3v) is 5.83. The van der Waals surface area contributed by atoms with E-state index in [1.54, 1.807) is 24.3 Å². The van der Waals surface area contributed by atoms with Crippen LogP contribution in [0.1, 0.15) is 11.1 Å². The van der Waals surface area contributed by atoms with Crippen LogP contribution in [-0.2, 0) is 26.4 Å². The second kappa shape index (κ2) is 5.73. The summed E-state index contributed by atoms with van der Waals surface area (Å²) in [6.07, 6.45) is 1.51. The number of aliphatic hydroxyl groups is 1. The molecule has 0 amide bonds. The lowest BCUT2D eigenvalue weighted by Crippen LogP contribution is -2.35. The van der Waals surface area contributed by atoms with E-state index in [1.165, 1.54) is 29.0 Å². The first-order chi connectivity index (χ1) is 12.3. The Balaban J connectivity index is 1.68. The van der Waals surface area contributed by atoms with Gasteiger partial charge in [0.05, 0.1) is 22.5 Å². The van der Waals surface area contributed by atoms with Crippen LogP contribution in [-0.4, -0.2) is 29.7 Å². The monoisotopic (exact) mass is 372 g/mol. The van der Waals surface area contributed by atoms with Crippen LogP contribution in [0.15, 0.2) is 58.4 Å². The Hall–Kier alpha value is -2.55. The van der Waals surface area contributed by atoms with E-state index in [-0.39, 0.29) is 17.0 Å². The van der Waals surface area contributed by atoms with E-state index in [4.69, 9.17) is 4.18 Å². The van der Waals surface area contributed by atoms with Crippen LogP contribution in [0.3, 0.4) is 0 Å². The van der Waals surface area contributed by atoms with Crippen LogP contribution >= 0.6 is 0 Å². The minimum Gasteiger partial charge on any atom is -0.381 e. The molecule has 0 saturated carbocycles. The van der Waals surface area contributed by atoms with Crippen molar-refractivity contribution in [2.45, 2.75) is 24.0 Å². The zero-order chi connectivity index (χ0) is 18.5. The predicted molar refractivity (Wildman–Crippen MR) is 94.2 cm³/mol. The van der Waals surface area contributed by atoms with Crippen molar-refractivity contribution < 1.29 is 17.7 Å². The minimum atomic E-state index is -4.03. The number of pyridine rings is 2. The molecule has 7 nitrogen and oxygen atoms in total. The third kappa shape index (κ3) is 2.63. The molecule has 1 aromatic carbocycles. The lowest BCUT2D eigenvalue weighted by molar-refractivity contribution is -0.0135. The van der Waals surface area contributed by atoms with Crippen molar-refractivity contribution in [1.29, 1.82) is 0 Å². The average molecular weight is 372 g/mol. The summed E-state index contributed by atoms with van der Waals surface area (Å²) in [6.45, 7) is 1.26. The van der Waals surface area contributed by atoms with Crippen molar-refractivity contribution in [3.05, 3.63) is 70.1 Å². The highest BCUT2D eigenvalue weighted by atomic mass is 32.2. The fourth-order valence-corrected chi connectivity index (χ4v) is 4.13. The molecule has 3 aromatic rings. The quantitative estimate of drug-likeness (QED) is 0.694. The maximum Gasteiger partial charge on any atom is 0.297 e. The Kier molecular flexibility index (Phi) is 3.72. The maximum atomic E-state index is 12.4. The summed E-state index contributed by atoms with van der Waals surface area (Å²) < 4.78 is 31.3. The molecule has 2 aromatic heterocycles. The van der Waals surface area contributed by atoms with E-state index in [2.05, 4.69) is 4.98 Å². The summed E-state index contributed by atoms with van der Waals surface area (Å²) in [6, 6.07) is 10.8. The van der Waals surface area contributed by atoms with E-state index in [1.807, 2.05) is 6.92 Å². The van der Waals surface area contributed by atoms with Gasteiger partial charge in [-0.2, -0.15) is 8.42 Å². The summed E-state index contributed by atoms with van der Waals surface area (Å²) >= 11 is 0. The van der Waals surface area contributed by atoms with Gasteiger partial charge in [0, 0.05) is 17.8 Å². The van der Waals surface area contributed by atoms with Crippen molar-refractivity contribution in [2.24, 2.45) is 0 Å². The molecule has 0 bridgehead atoms. The number of nitrogens with zero attached hydrogens (tertiary/aromatic N) is 2. The van der Waals surface area contributed by atoms with Crippen LogP contribution in [0.25, 0.3) is 11.0 Å². The maximum absolute atomic E-state index is 12.4. The Bertz CT molecular complexity index is 1170. The molecule has 0 aliphatic carbocycles. The smallest absolute Gasteiger partial charge is 0.297 e. The molecular formula is C18H16N2O5S. The number of benzene rings is 1. The van der Waals surface area contributed by atoms with Gasteiger partial charge >= 0.3 is 0 Å². The van der Waals surface area contributed by atoms with Crippen LogP contribution in [0, 0.1) is 6.92 Å². The molecule has 8 heteroatoms. The van der Waals surface area contributed by atoms with Crippen LogP contribution in [0.2, 0.25) is 0 Å². The number of aromatic nitrogens is 2. The van der Waals surface area contributed by atoms with E-state index < -0.39 is 22.3 Å². The second-order valence-electron chi connectivity index (χ2n) is 6.41. The van der Waals surface area contributed by atoms with Gasteiger partial charge in [-0.15, -0.1) is 0 Å². The molecular weight excluding hydrogens is 356 g/mol. The first-order valence-electron chi connectivity index (χ1n) is 7.98. The molecule has 0 unspecified atom stereocenters. The van der Waals surface area contributed by atoms with E-state index in [0.717, 1.165) is 5.56 Å². The fraction of sp³-hybridized carbons (Fsp3) is 0.222. The predicted octanol–water partition coefficient (Wildman–Crippen LogP) is 1.31. The summed E-state index contributed by atoms with van der Waals surface area (Å²) in [7, 11) is -4.03. The van der Waals surface area contributed by atoms with Gasteiger partial charge in [-0.3, -0.25) is 14.0 Å². The highest BCUT2D eigenvalue weighted by Gasteiger charge is 2.40. The van der Waals surface area contributed by atoms with Crippen LogP contribution in [0.5, 0.6) is 0 Å². The molecule has 0 fully saturated rings. The van der Waals surface area contributed by atoms with Gasteiger partial charge < -0.3 is 9.67 Å². The molecule has 0 radical (unpaired) electrons. The number of rotatable bonds is 4. The van der Waals surface area contributed by atoms with Crippen molar-refractivity contribution in [3.63, 3.8) is 0 Å². The molecule has 1 N–H and O–H groups in total.